The molecule has 0 radical (unpaired) electrons. The fraction of sp³-hybridized carbons (Fsp3) is 0.381. The van der Waals surface area contributed by atoms with Gasteiger partial charge in [-0.3, -0.25) is 33.3 Å². The van der Waals surface area contributed by atoms with Crippen molar-refractivity contribution in [2.45, 2.75) is 18.8 Å². The zero-order valence-electron chi connectivity index (χ0n) is 17.6. The summed E-state index contributed by atoms with van der Waals surface area (Å²) in [4.78, 5) is 66.5. The van der Waals surface area contributed by atoms with Crippen LogP contribution in [0.25, 0.3) is 0 Å². The molecule has 10 nitrogen and oxygen atoms in total. The van der Waals surface area contributed by atoms with E-state index < -0.39 is 46.3 Å². The Hall–Kier alpha value is -3.69. The van der Waals surface area contributed by atoms with Gasteiger partial charge in [0.05, 0.1) is 5.56 Å². The van der Waals surface area contributed by atoms with Crippen molar-refractivity contribution in [1.29, 1.82) is 0 Å². The number of carbonyl (C=O) groups excluding carboxylic acids is 3. The van der Waals surface area contributed by atoms with Crippen LogP contribution < -0.4 is 11.2 Å². The van der Waals surface area contributed by atoms with E-state index in [2.05, 4.69) is 0 Å². The third-order valence-corrected chi connectivity index (χ3v) is 6.57. The van der Waals surface area contributed by atoms with Crippen LogP contribution in [0, 0.1) is 5.41 Å². The summed E-state index contributed by atoms with van der Waals surface area (Å²) in [5.74, 6) is -3.16. The Morgan fingerprint density at radius 2 is 1.42 bits per heavy atom. The zero-order valence-corrected chi connectivity index (χ0v) is 17.6. The van der Waals surface area contributed by atoms with Crippen LogP contribution in [-0.4, -0.2) is 56.0 Å². The van der Waals surface area contributed by atoms with E-state index in [1.165, 1.54) is 28.2 Å². The molecule has 1 atom stereocenters. The standard InChI is InChI=1S/C21H22N4O6/c1-22-15(26)14(16(27)23(2)19(22)30)13-9-11-7-5-6-8-12(11)10-21(13)17(28)24(3)20(31)25(4)18(21)29/h5-8,13,26H,9-10H2,1-4H3/t13-/m1/s1. The van der Waals surface area contributed by atoms with Crippen LogP contribution in [0.2, 0.25) is 0 Å². The Balaban J connectivity index is 2.08. The first-order valence-corrected chi connectivity index (χ1v) is 9.70. The molecule has 1 fully saturated rings. The number of aromatic nitrogens is 2. The number of hydrogen-bond acceptors (Lipinski definition) is 6. The van der Waals surface area contributed by atoms with E-state index in [4.69, 9.17) is 0 Å². The number of carbonyl (C=O) groups is 3. The van der Waals surface area contributed by atoms with E-state index >= 15 is 0 Å². The summed E-state index contributed by atoms with van der Waals surface area (Å²) < 4.78 is 1.74. The van der Waals surface area contributed by atoms with E-state index in [0.717, 1.165) is 30.1 Å². The summed E-state index contributed by atoms with van der Waals surface area (Å²) in [6, 6.07) is 6.44. The summed E-state index contributed by atoms with van der Waals surface area (Å²) in [7, 11) is 5.14. The van der Waals surface area contributed by atoms with Crippen molar-refractivity contribution in [3.8, 4) is 5.88 Å². The van der Waals surface area contributed by atoms with Gasteiger partial charge in [0.2, 0.25) is 17.7 Å². The smallest absolute Gasteiger partial charge is 0.333 e. The molecular weight excluding hydrogens is 404 g/mol. The average Bonchev–Trinajstić information content (AvgIpc) is 2.77. The summed E-state index contributed by atoms with van der Waals surface area (Å²) in [5, 5.41) is 10.8. The van der Waals surface area contributed by atoms with Gasteiger partial charge in [-0.1, -0.05) is 24.3 Å². The van der Waals surface area contributed by atoms with Gasteiger partial charge in [-0.25, -0.2) is 9.59 Å². The van der Waals surface area contributed by atoms with E-state index in [0.29, 0.717) is 0 Å². The number of rotatable bonds is 1. The Bertz CT molecular complexity index is 1250. The van der Waals surface area contributed by atoms with Crippen LogP contribution in [0.4, 0.5) is 4.79 Å². The molecule has 1 aromatic carbocycles. The van der Waals surface area contributed by atoms with Gasteiger partial charge in [-0.15, -0.1) is 0 Å². The van der Waals surface area contributed by atoms with Crippen LogP contribution in [0.1, 0.15) is 22.6 Å². The number of imide groups is 2. The van der Waals surface area contributed by atoms with Gasteiger partial charge in [0, 0.05) is 34.1 Å². The predicted octanol–water partition coefficient (Wildman–Crippen LogP) is -0.291. The van der Waals surface area contributed by atoms with E-state index in [1.807, 2.05) is 6.07 Å². The lowest BCUT2D eigenvalue weighted by atomic mass is 9.60. The number of amides is 4. The van der Waals surface area contributed by atoms with Crippen LogP contribution in [-0.2, 0) is 36.5 Å². The SMILES string of the molecule is CN1C(=O)N(C)C(=O)C2(Cc3ccccc3C[C@@H]2c2c(O)n(C)c(=O)n(C)c2=O)C1=O. The number of urea groups is 1. The molecule has 162 valence electrons. The second kappa shape index (κ2) is 6.66. The maximum absolute atomic E-state index is 13.5. The van der Waals surface area contributed by atoms with E-state index in [9.17, 15) is 29.1 Å². The van der Waals surface area contributed by atoms with Gasteiger partial charge in [0.1, 0.15) is 5.41 Å². The number of fused-ring (bicyclic) bond motifs is 1. The molecule has 1 aliphatic heterocycles. The second-order valence-corrected chi connectivity index (χ2v) is 8.13. The summed E-state index contributed by atoms with van der Waals surface area (Å²) >= 11 is 0. The summed E-state index contributed by atoms with van der Waals surface area (Å²) in [6.45, 7) is 0. The first-order chi connectivity index (χ1) is 14.5. The van der Waals surface area contributed by atoms with Crippen molar-refractivity contribution in [1.82, 2.24) is 18.9 Å². The predicted molar refractivity (Wildman–Crippen MR) is 109 cm³/mol. The molecule has 0 saturated carbocycles. The van der Waals surface area contributed by atoms with Gasteiger partial charge in [-0.05, 0) is 24.0 Å². The molecule has 4 amide bonds. The van der Waals surface area contributed by atoms with Crippen LogP contribution >= 0.6 is 0 Å². The van der Waals surface area contributed by atoms with Crippen molar-refractivity contribution < 1.29 is 19.5 Å². The maximum Gasteiger partial charge on any atom is 0.333 e. The highest BCUT2D eigenvalue weighted by atomic mass is 16.3. The Morgan fingerprint density at radius 1 is 0.871 bits per heavy atom. The molecule has 1 saturated heterocycles. The van der Waals surface area contributed by atoms with Crippen molar-refractivity contribution in [2.75, 3.05) is 14.1 Å². The molecule has 0 unspecified atom stereocenters. The van der Waals surface area contributed by atoms with E-state index in [1.54, 1.807) is 18.2 Å². The van der Waals surface area contributed by atoms with Crippen molar-refractivity contribution in [3.05, 3.63) is 61.8 Å². The second-order valence-electron chi connectivity index (χ2n) is 8.13. The molecular formula is C21H22N4O6. The highest BCUT2D eigenvalue weighted by Gasteiger charge is 2.62. The number of aromatic hydroxyl groups is 1. The highest BCUT2D eigenvalue weighted by molar-refractivity contribution is 6.19. The quantitative estimate of drug-likeness (QED) is 0.626. The molecule has 1 N–H and O–H groups in total. The highest BCUT2D eigenvalue weighted by Crippen LogP contribution is 2.50. The van der Waals surface area contributed by atoms with Crippen LogP contribution in [0.15, 0.2) is 33.9 Å². The van der Waals surface area contributed by atoms with E-state index in [-0.39, 0.29) is 18.4 Å². The number of benzene rings is 1. The first kappa shape index (κ1) is 20.6. The fourth-order valence-corrected chi connectivity index (χ4v) is 4.80. The molecule has 31 heavy (non-hydrogen) atoms. The molecule has 0 bridgehead atoms. The van der Waals surface area contributed by atoms with Crippen molar-refractivity contribution in [2.24, 2.45) is 19.5 Å². The minimum atomic E-state index is -1.81. The lowest BCUT2D eigenvalue weighted by Crippen LogP contribution is -2.67. The van der Waals surface area contributed by atoms with Gasteiger partial charge in [-0.2, -0.15) is 0 Å². The zero-order chi connectivity index (χ0) is 22.8. The molecule has 2 heterocycles. The molecule has 1 aromatic heterocycles. The summed E-state index contributed by atoms with van der Waals surface area (Å²) in [6.07, 6.45) is 0.0590. The maximum atomic E-state index is 13.5. The Morgan fingerprint density at radius 3 is 2.00 bits per heavy atom. The monoisotopic (exact) mass is 426 g/mol. The molecule has 10 heteroatoms. The third kappa shape index (κ3) is 2.54. The minimum absolute atomic E-state index is 0.0428. The molecule has 2 aliphatic rings. The van der Waals surface area contributed by atoms with Crippen LogP contribution in [0.3, 0.4) is 0 Å². The van der Waals surface area contributed by atoms with Crippen molar-refractivity contribution in [3.63, 3.8) is 0 Å². The van der Waals surface area contributed by atoms with Gasteiger partial charge < -0.3 is 5.11 Å². The normalized spacial score (nSPS) is 20.4. The molecule has 1 spiro atoms. The Kier molecular flexibility index (Phi) is 4.42. The van der Waals surface area contributed by atoms with Crippen LogP contribution in [0.5, 0.6) is 5.88 Å². The lowest BCUT2D eigenvalue weighted by molar-refractivity contribution is -0.159. The number of nitrogens with zero attached hydrogens (tertiary/aromatic N) is 4. The number of hydrogen-bond donors (Lipinski definition) is 1. The molecule has 2 aromatic rings. The summed E-state index contributed by atoms with van der Waals surface area (Å²) in [5.41, 5.74) is -1.97. The van der Waals surface area contributed by atoms with Gasteiger partial charge >= 0.3 is 11.7 Å². The Labute approximate surface area is 176 Å². The van der Waals surface area contributed by atoms with Gasteiger partial charge in [0.25, 0.3) is 5.56 Å². The van der Waals surface area contributed by atoms with Crippen molar-refractivity contribution >= 4 is 17.8 Å². The lowest BCUT2D eigenvalue weighted by Gasteiger charge is -2.48. The largest absolute Gasteiger partial charge is 0.494 e. The number of barbiturate groups is 1. The average molecular weight is 426 g/mol. The third-order valence-electron chi connectivity index (χ3n) is 6.57. The fourth-order valence-electron chi connectivity index (χ4n) is 4.80. The topological polar surface area (TPSA) is 122 Å². The minimum Gasteiger partial charge on any atom is -0.494 e. The first-order valence-electron chi connectivity index (χ1n) is 9.70. The molecule has 1 aliphatic carbocycles. The van der Waals surface area contributed by atoms with Gasteiger partial charge in [0.15, 0.2) is 0 Å². The molecule has 4 rings (SSSR count).